The third kappa shape index (κ3) is 5.57. The lowest BCUT2D eigenvalue weighted by molar-refractivity contribution is -0.137. The Morgan fingerprint density at radius 3 is 1.87 bits per heavy atom. The molecule has 0 saturated carbocycles. The topological polar surface area (TPSA) is 63.3 Å². The summed E-state index contributed by atoms with van der Waals surface area (Å²) in [7, 11) is 0. The number of rotatable bonds is 11. The third-order valence-electron chi connectivity index (χ3n) is 5.59. The van der Waals surface area contributed by atoms with E-state index < -0.39 is 16.8 Å². The fraction of sp³-hybridized carbons (Fsp3) is 0.296. The minimum absolute atomic E-state index is 0.303. The first-order valence-electron chi connectivity index (χ1n) is 10.9. The van der Waals surface area contributed by atoms with Crippen LogP contribution in [0.2, 0.25) is 0 Å². The van der Waals surface area contributed by atoms with Gasteiger partial charge in [0.15, 0.2) is 0 Å². The van der Waals surface area contributed by atoms with E-state index in [1.165, 1.54) is 24.8 Å². The molecule has 3 aromatic carbocycles. The summed E-state index contributed by atoms with van der Waals surface area (Å²) < 4.78 is -0.544. The molecule has 0 aliphatic heterocycles. The molecule has 0 aromatic heterocycles. The van der Waals surface area contributed by atoms with Crippen LogP contribution in [0.25, 0.3) is 0 Å². The van der Waals surface area contributed by atoms with Gasteiger partial charge in [-0.25, -0.2) is 0 Å². The van der Waals surface area contributed by atoms with Crippen LogP contribution in [-0.4, -0.2) is 22.9 Å². The number of hydrogen-bond acceptors (Lipinski definition) is 3. The lowest BCUT2D eigenvalue weighted by Gasteiger charge is -2.36. The Morgan fingerprint density at radius 2 is 1.39 bits per heavy atom. The summed E-state index contributed by atoms with van der Waals surface area (Å²) >= 11 is 1.59. The number of carbonyl (C=O) groups is 1. The first kappa shape index (κ1) is 23.1. The molecule has 0 aliphatic rings. The standard InChI is InChI=1S/C27H31NO2S/c1-2-3-6-11-21-16-18-24(19-17-21)27(22-12-7-4-8-13-22,23-14-9-5-10-15-23)31-20-25(28)26(29)30/h4-5,7-10,12-19,25H,2-3,6,11,20,28H2,1H3,(H,29,30)/t25-/m0/s1. The van der Waals surface area contributed by atoms with Gasteiger partial charge in [0.2, 0.25) is 0 Å². The highest BCUT2D eigenvalue weighted by Crippen LogP contribution is 2.48. The monoisotopic (exact) mass is 433 g/mol. The van der Waals surface area contributed by atoms with Crippen molar-refractivity contribution in [3.05, 3.63) is 107 Å². The van der Waals surface area contributed by atoms with Crippen LogP contribution in [0.1, 0.15) is 48.4 Å². The van der Waals surface area contributed by atoms with Crippen LogP contribution in [0.3, 0.4) is 0 Å². The molecular weight excluding hydrogens is 402 g/mol. The van der Waals surface area contributed by atoms with E-state index >= 15 is 0 Å². The van der Waals surface area contributed by atoms with Crippen molar-refractivity contribution in [2.75, 3.05) is 5.75 Å². The number of aliphatic carboxylic acids is 1. The van der Waals surface area contributed by atoms with Crippen LogP contribution in [0.5, 0.6) is 0 Å². The first-order valence-corrected chi connectivity index (χ1v) is 11.9. The highest BCUT2D eigenvalue weighted by Gasteiger charge is 2.37. The molecular formula is C27H31NO2S. The molecule has 3 aromatic rings. The van der Waals surface area contributed by atoms with Crippen molar-refractivity contribution in [2.45, 2.75) is 43.4 Å². The molecule has 0 saturated heterocycles. The van der Waals surface area contributed by atoms with Gasteiger partial charge in [-0.2, -0.15) is 0 Å². The van der Waals surface area contributed by atoms with Gasteiger partial charge in [-0.1, -0.05) is 105 Å². The molecule has 0 bridgehead atoms. The first-order chi connectivity index (χ1) is 15.1. The lowest BCUT2D eigenvalue weighted by Crippen LogP contribution is -2.36. The van der Waals surface area contributed by atoms with E-state index in [0.717, 1.165) is 23.1 Å². The average molecular weight is 434 g/mol. The van der Waals surface area contributed by atoms with Crippen molar-refractivity contribution in [1.29, 1.82) is 0 Å². The largest absolute Gasteiger partial charge is 0.480 e. The number of carboxylic acids is 1. The fourth-order valence-corrected chi connectivity index (χ4v) is 5.35. The molecule has 3 rings (SSSR count). The second-order valence-corrected chi connectivity index (χ2v) is 9.06. The van der Waals surface area contributed by atoms with E-state index in [0.29, 0.717) is 5.75 Å². The molecule has 0 unspecified atom stereocenters. The SMILES string of the molecule is CCCCCc1ccc(C(SC[C@H](N)C(=O)O)(c2ccccc2)c2ccccc2)cc1. The van der Waals surface area contributed by atoms with Crippen LogP contribution < -0.4 is 5.73 Å². The Morgan fingerprint density at radius 1 is 0.871 bits per heavy atom. The second-order valence-electron chi connectivity index (χ2n) is 7.82. The Kier molecular flexibility index (Phi) is 8.33. The second kappa shape index (κ2) is 11.2. The van der Waals surface area contributed by atoms with Crippen molar-refractivity contribution >= 4 is 17.7 Å². The van der Waals surface area contributed by atoms with Crippen LogP contribution in [-0.2, 0) is 16.0 Å². The maximum atomic E-state index is 11.5. The maximum Gasteiger partial charge on any atom is 0.321 e. The van der Waals surface area contributed by atoms with Crippen LogP contribution in [0, 0.1) is 0 Å². The molecule has 0 aliphatic carbocycles. The summed E-state index contributed by atoms with van der Waals surface area (Å²) in [6.07, 6.45) is 4.72. The summed E-state index contributed by atoms with van der Waals surface area (Å²) in [5, 5.41) is 9.39. The highest BCUT2D eigenvalue weighted by atomic mass is 32.2. The molecule has 31 heavy (non-hydrogen) atoms. The van der Waals surface area contributed by atoms with Gasteiger partial charge >= 0.3 is 5.97 Å². The van der Waals surface area contributed by atoms with Gasteiger partial charge in [-0.05, 0) is 35.1 Å². The van der Waals surface area contributed by atoms with Crippen LogP contribution >= 0.6 is 11.8 Å². The number of aryl methyl sites for hydroxylation is 1. The van der Waals surface area contributed by atoms with Gasteiger partial charge in [-0.3, -0.25) is 4.79 Å². The summed E-state index contributed by atoms with van der Waals surface area (Å²) in [6.45, 7) is 2.22. The Hall–Kier alpha value is -2.56. The molecule has 0 fully saturated rings. The third-order valence-corrected chi connectivity index (χ3v) is 7.25. The normalized spacial score (nSPS) is 12.5. The molecule has 3 N–H and O–H groups in total. The molecule has 0 heterocycles. The van der Waals surface area contributed by atoms with Crippen molar-refractivity contribution in [3.63, 3.8) is 0 Å². The average Bonchev–Trinajstić information content (AvgIpc) is 2.81. The van der Waals surface area contributed by atoms with Gasteiger partial charge in [0.1, 0.15) is 6.04 Å². The van der Waals surface area contributed by atoms with Gasteiger partial charge in [0.25, 0.3) is 0 Å². The Bertz CT molecular complexity index is 902. The van der Waals surface area contributed by atoms with Crippen LogP contribution in [0.4, 0.5) is 0 Å². The van der Waals surface area contributed by atoms with E-state index in [1.54, 1.807) is 11.8 Å². The molecule has 0 amide bonds. The fourth-order valence-electron chi connectivity index (χ4n) is 3.87. The van der Waals surface area contributed by atoms with Crippen molar-refractivity contribution < 1.29 is 9.90 Å². The zero-order chi connectivity index (χ0) is 22.1. The number of unbranched alkanes of at least 4 members (excludes halogenated alkanes) is 2. The van der Waals surface area contributed by atoms with E-state index in [9.17, 15) is 9.90 Å². The van der Waals surface area contributed by atoms with E-state index in [1.807, 2.05) is 36.4 Å². The predicted octanol–water partition coefficient (Wildman–Crippen LogP) is 5.86. The van der Waals surface area contributed by atoms with Crippen molar-refractivity contribution in [2.24, 2.45) is 5.73 Å². The molecule has 0 spiro atoms. The molecule has 0 radical (unpaired) electrons. The van der Waals surface area contributed by atoms with Gasteiger partial charge in [0.05, 0.1) is 4.75 Å². The van der Waals surface area contributed by atoms with Gasteiger partial charge < -0.3 is 10.8 Å². The van der Waals surface area contributed by atoms with Crippen LogP contribution in [0.15, 0.2) is 84.9 Å². The van der Waals surface area contributed by atoms with Gasteiger partial charge in [-0.15, -0.1) is 11.8 Å². The Balaban J connectivity index is 2.09. The smallest absolute Gasteiger partial charge is 0.321 e. The zero-order valence-corrected chi connectivity index (χ0v) is 18.9. The number of hydrogen-bond donors (Lipinski definition) is 2. The summed E-state index contributed by atoms with van der Waals surface area (Å²) in [5.74, 6) is -0.675. The zero-order valence-electron chi connectivity index (χ0n) is 18.0. The number of benzene rings is 3. The van der Waals surface area contributed by atoms with Crippen molar-refractivity contribution in [3.8, 4) is 0 Å². The van der Waals surface area contributed by atoms with E-state index in [2.05, 4.69) is 55.5 Å². The van der Waals surface area contributed by atoms with Crippen molar-refractivity contribution in [1.82, 2.24) is 0 Å². The Labute approximate surface area is 189 Å². The highest BCUT2D eigenvalue weighted by molar-refractivity contribution is 8.00. The molecule has 162 valence electrons. The molecule has 1 atom stereocenters. The number of carboxylic acid groups (broad SMARTS) is 1. The lowest BCUT2D eigenvalue weighted by atomic mass is 9.83. The minimum atomic E-state index is -0.978. The van der Waals surface area contributed by atoms with E-state index in [4.69, 9.17) is 5.73 Å². The molecule has 3 nitrogen and oxygen atoms in total. The van der Waals surface area contributed by atoms with Gasteiger partial charge in [0, 0.05) is 5.75 Å². The minimum Gasteiger partial charge on any atom is -0.480 e. The predicted molar refractivity (Wildman–Crippen MR) is 131 cm³/mol. The number of thioether (sulfide) groups is 1. The molecule has 4 heteroatoms. The summed E-state index contributed by atoms with van der Waals surface area (Å²) in [6, 6.07) is 28.5. The quantitative estimate of drug-likeness (QED) is 0.294. The van der Waals surface area contributed by atoms with E-state index in [-0.39, 0.29) is 0 Å². The maximum absolute atomic E-state index is 11.5. The summed E-state index contributed by atoms with van der Waals surface area (Å²) in [5.41, 5.74) is 10.6. The summed E-state index contributed by atoms with van der Waals surface area (Å²) in [4.78, 5) is 11.5. The number of nitrogens with two attached hydrogens (primary N) is 1.